The third-order valence-corrected chi connectivity index (χ3v) is 5.64. The van der Waals surface area contributed by atoms with Crippen molar-refractivity contribution in [3.05, 3.63) is 53.1 Å². The number of fused-ring (bicyclic) bond motifs is 1. The Labute approximate surface area is 164 Å². The number of carbonyl (C=O) groups excluding carboxylic acids is 1. The van der Waals surface area contributed by atoms with Crippen molar-refractivity contribution >= 4 is 28.4 Å². The van der Waals surface area contributed by atoms with Crippen molar-refractivity contribution in [2.24, 2.45) is 0 Å². The first-order valence-electron chi connectivity index (χ1n) is 8.99. The predicted octanol–water partition coefficient (Wildman–Crippen LogP) is 4.54. The lowest BCUT2D eigenvalue weighted by molar-refractivity contribution is 0.102. The average Bonchev–Trinajstić information content (AvgIpc) is 2.94. The van der Waals surface area contributed by atoms with E-state index in [1.807, 2.05) is 51.1 Å². The zero-order valence-corrected chi connectivity index (χ0v) is 17.3. The van der Waals surface area contributed by atoms with Crippen LogP contribution in [0.15, 0.2) is 35.4 Å². The third-order valence-electron chi connectivity index (χ3n) is 4.65. The zero-order chi connectivity index (χ0) is 19.6. The number of nitrogens with zero attached hydrogens (tertiary/aromatic N) is 3. The molecule has 1 unspecified atom stereocenters. The number of para-hydroxylation sites is 1. The minimum Gasteiger partial charge on any atom is -0.383 e. The summed E-state index contributed by atoms with van der Waals surface area (Å²) in [6, 6.07) is 10.1. The van der Waals surface area contributed by atoms with Gasteiger partial charge in [0.05, 0.1) is 23.9 Å². The van der Waals surface area contributed by atoms with Gasteiger partial charge in [-0.3, -0.25) is 4.79 Å². The first-order chi connectivity index (χ1) is 12.9. The average molecular weight is 384 g/mol. The molecule has 1 atom stereocenters. The summed E-state index contributed by atoms with van der Waals surface area (Å²) in [4.78, 5) is 21.9. The number of carbonyl (C=O) groups is 1. The summed E-state index contributed by atoms with van der Waals surface area (Å²) >= 11 is 1.47. The zero-order valence-electron chi connectivity index (χ0n) is 16.4. The Bertz CT molecular complexity index is 981. The van der Waals surface area contributed by atoms with Crippen molar-refractivity contribution in [2.75, 3.05) is 19.5 Å². The Morgan fingerprint density at radius 3 is 2.70 bits per heavy atom. The van der Waals surface area contributed by atoms with Gasteiger partial charge in [-0.1, -0.05) is 30.0 Å². The van der Waals surface area contributed by atoms with E-state index in [4.69, 9.17) is 4.74 Å². The maximum atomic E-state index is 12.9. The van der Waals surface area contributed by atoms with E-state index in [0.29, 0.717) is 12.4 Å². The number of methoxy groups -OCH3 is 1. The minimum atomic E-state index is 0.115. The number of thioether (sulfide) groups is 1. The summed E-state index contributed by atoms with van der Waals surface area (Å²) in [7, 11) is 1.70. The summed E-state index contributed by atoms with van der Waals surface area (Å²) in [5.74, 6) is 1.18. The van der Waals surface area contributed by atoms with E-state index in [-0.39, 0.29) is 11.8 Å². The van der Waals surface area contributed by atoms with Crippen LogP contribution < -0.4 is 0 Å². The second-order valence-corrected chi connectivity index (χ2v) is 7.73. The van der Waals surface area contributed by atoms with E-state index in [1.54, 1.807) is 7.11 Å². The van der Waals surface area contributed by atoms with Gasteiger partial charge in [-0.25, -0.2) is 9.97 Å². The van der Waals surface area contributed by atoms with Crippen LogP contribution in [-0.2, 0) is 4.74 Å². The molecule has 0 amide bonds. The van der Waals surface area contributed by atoms with Crippen molar-refractivity contribution < 1.29 is 9.53 Å². The predicted molar refractivity (Wildman–Crippen MR) is 110 cm³/mol. The lowest BCUT2D eigenvalue weighted by Crippen LogP contribution is -2.14. The summed E-state index contributed by atoms with van der Waals surface area (Å²) in [5, 5.41) is 1.84. The Hall–Kier alpha value is -2.18. The van der Waals surface area contributed by atoms with Gasteiger partial charge in [0.15, 0.2) is 5.78 Å². The summed E-state index contributed by atoms with van der Waals surface area (Å²) in [6.07, 6.45) is 0. The Kier molecular flexibility index (Phi) is 5.97. The van der Waals surface area contributed by atoms with Gasteiger partial charge in [-0.15, -0.1) is 0 Å². The Morgan fingerprint density at radius 1 is 1.22 bits per heavy atom. The third kappa shape index (κ3) is 4.06. The Balaban J connectivity index is 1.82. The quantitative estimate of drug-likeness (QED) is 0.341. The smallest absolute Gasteiger partial charge is 0.174 e. The SMILES string of the molecule is COCC(C)n1c(C)cc(C(=O)CSc2nc(C)nc3ccccc23)c1C. The normalized spacial score (nSPS) is 12.5. The standard InChI is InChI=1S/C21H25N3O2S/c1-13-10-18(15(3)24(13)14(2)11-26-5)20(25)12-27-21-17-8-6-7-9-19(17)22-16(4)23-21/h6-10,14H,11-12H2,1-5H3. The van der Waals surface area contributed by atoms with E-state index in [2.05, 4.69) is 21.5 Å². The van der Waals surface area contributed by atoms with Gasteiger partial charge >= 0.3 is 0 Å². The lowest BCUT2D eigenvalue weighted by Gasteiger charge is -2.17. The molecule has 0 aliphatic carbocycles. The van der Waals surface area contributed by atoms with Crippen LogP contribution in [0.25, 0.3) is 10.9 Å². The van der Waals surface area contributed by atoms with Crippen LogP contribution >= 0.6 is 11.8 Å². The van der Waals surface area contributed by atoms with Crippen molar-refractivity contribution in [1.29, 1.82) is 0 Å². The monoisotopic (exact) mass is 383 g/mol. The van der Waals surface area contributed by atoms with E-state index >= 15 is 0 Å². The lowest BCUT2D eigenvalue weighted by atomic mass is 10.2. The van der Waals surface area contributed by atoms with Gasteiger partial charge in [-0.05, 0) is 39.8 Å². The van der Waals surface area contributed by atoms with Crippen LogP contribution in [0.4, 0.5) is 0 Å². The molecule has 5 nitrogen and oxygen atoms in total. The molecule has 0 saturated carbocycles. The van der Waals surface area contributed by atoms with Crippen LogP contribution in [0.1, 0.15) is 40.5 Å². The number of Topliss-reactive ketones (excluding diaryl/α,β-unsaturated/α-hetero) is 1. The molecule has 2 aromatic heterocycles. The fourth-order valence-electron chi connectivity index (χ4n) is 3.53. The topological polar surface area (TPSA) is 57.0 Å². The van der Waals surface area contributed by atoms with Gasteiger partial charge in [0, 0.05) is 29.4 Å². The first kappa shape index (κ1) is 19.6. The molecule has 0 radical (unpaired) electrons. The van der Waals surface area contributed by atoms with E-state index in [9.17, 15) is 4.79 Å². The summed E-state index contributed by atoms with van der Waals surface area (Å²) < 4.78 is 7.44. The van der Waals surface area contributed by atoms with Crippen LogP contribution in [-0.4, -0.2) is 39.8 Å². The second kappa shape index (κ2) is 8.23. The number of benzene rings is 1. The molecule has 142 valence electrons. The highest BCUT2D eigenvalue weighted by Gasteiger charge is 2.19. The highest BCUT2D eigenvalue weighted by Crippen LogP contribution is 2.27. The Morgan fingerprint density at radius 2 is 1.96 bits per heavy atom. The molecule has 6 heteroatoms. The molecule has 3 aromatic rings. The molecular formula is C21H25N3O2S. The molecule has 3 rings (SSSR count). The number of hydrogen-bond acceptors (Lipinski definition) is 5. The maximum Gasteiger partial charge on any atom is 0.174 e. The van der Waals surface area contributed by atoms with E-state index in [0.717, 1.165) is 38.7 Å². The number of ether oxygens (including phenoxy) is 1. The summed E-state index contributed by atoms with van der Waals surface area (Å²) in [5.41, 5.74) is 3.75. The molecule has 2 heterocycles. The molecule has 27 heavy (non-hydrogen) atoms. The second-order valence-electron chi connectivity index (χ2n) is 6.76. The number of aromatic nitrogens is 3. The molecular weight excluding hydrogens is 358 g/mol. The molecule has 0 N–H and O–H groups in total. The van der Waals surface area contributed by atoms with Crippen LogP contribution in [0.3, 0.4) is 0 Å². The highest BCUT2D eigenvalue weighted by molar-refractivity contribution is 8.00. The van der Waals surface area contributed by atoms with Crippen molar-refractivity contribution in [3.8, 4) is 0 Å². The fourth-order valence-corrected chi connectivity index (χ4v) is 4.48. The molecule has 0 fully saturated rings. The molecule has 0 saturated heterocycles. The number of aryl methyl sites for hydroxylation is 2. The first-order valence-corrected chi connectivity index (χ1v) is 9.97. The van der Waals surface area contributed by atoms with Crippen LogP contribution in [0.5, 0.6) is 0 Å². The van der Waals surface area contributed by atoms with Crippen LogP contribution in [0, 0.1) is 20.8 Å². The minimum absolute atomic E-state index is 0.115. The van der Waals surface area contributed by atoms with Gasteiger partial charge in [0.25, 0.3) is 0 Å². The number of hydrogen-bond donors (Lipinski definition) is 0. The molecule has 1 aromatic carbocycles. The van der Waals surface area contributed by atoms with Gasteiger partial charge in [0.1, 0.15) is 10.9 Å². The van der Waals surface area contributed by atoms with Crippen molar-refractivity contribution in [3.63, 3.8) is 0 Å². The summed E-state index contributed by atoms with van der Waals surface area (Å²) in [6.45, 7) is 8.63. The van der Waals surface area contributed by atoms with Crippen molar-refractivity contribution in [2.45, 2.75) is 38.8 Å². The number of rotatable bonds is 7. The molecule has 0 aliphatic heterocycles. The fraction of sp³-hybridized carbons (Fsp3) is 0.381. The van der Waals surface area contributed by atoms with Gasteiger partial charge in [0.2, 0.25) is 0 Å². The maximum absolute atomic E-state index is 12.9. The van der Waals surface area contributed by atoms with E-state index in [1.165, 1.54) is 11.8 Å². The van der Waals surface area contributed by atoms with Gasteiger partial charge in [-0.2, -0.15) is 0 Å². The molecule has 0 bridgehead atoms. The van der Waals surface area contributed by atoms with E-state index < -0.39 is 0 Å². The van der Waals surface area contributed by atoms with Gasteiger partial charge < -0.3 is 9.30 Å². The highest BCUT2D eigenvalue weighted by atomic mass is 32.2. The van der Waals surface area contributed by atoms with Crippen LogP contribution in [0.2, 0.25) is 0 Å². The largest absolute Gasteiger partial charge is 0.383 e. The van der Waals surface area contributed by atoms with Crippen molar-refractivity contribution in [1.82, 2.24) is 14.5 Å². The number of ketones is 1. The molecule has 0 spiro atoms. The molecule has 0 aliphatic rings.